The van der Waals surface area contributed by atoms with Gasteiger partial charge in [0.05, 0.1) is 5.97 Å². The third-order valence-electron chi connectivity index (χ3n) is 1.65. The number of amides is 1. The summed E-state index contributed by atoms with van der Waals surface area (Å²) < 4.78 is 1.26. The van der Waals surface area contributed by atoms with E-state index in [1.54, 1.807) is 14.1 Å². The van der Waals surface area contributed by atoms with Crippen LogP contribution in [0.3, 0.4) is 0 Å². The summed E-state index contributed by atoms with van der Waals surface area (Å²) in [7, 11) is 3.23. The van der Waals surface area contributed by atoms with Crippen molar-refractivity contribution in [2.45, 2.75) is 6.54 Å². The predicted octanol–water partition coefficient (Wildman–Crippen LogP) is -4.66. The van der Waals surface area contributed by atoms with Crippen molar-refractivity contribution in [2.75, 3.05) is 14.1 Å². The second-order valence-electron chi connectivity index (χ2n) is 2.97. The van der Waals surface area contributed by atoms with E-state index in [9.17, 15) is 14.7 Å². The van der Waals surface area contributed by atoms with Gasteiger partial charge < -0.3 is 14.8 Å². The molecule has 0 radical (unpaired) electrons. The Labute approximate surface area is 109 Å². The molecule has 0 saturated heterocycles. The number of nitrogens with zero attached hydrogens (tertiary/aromatic N) is 3. The van der Waals surface area contributed by atoms with Gasteiger partial charge in [-0.2, -0.15) is 5.10 Å². The molecule has 76 valence electrons. The van der Waals surface area contributed by atoms with Crippen LogP contribution in [0.1, 0.15) is 10.5 Å². The summed E-state index contributed by atoms with van der Waals surface area (Å²) in [6.07, 6.45) is 1.42. The molecule has 0 saturated carbocycles. The summed E-state index contributed by atoms with van der Waals surface area (Å²) in [4.78, 5) is 22.9. The standard InChI is InChI=1S/C8H11N3O3.Na/c1-10(2)7(12)5-11-4-3-6(9-11)8(13)14;/h3-4H,5H2,1-2H3,(H,13,14);/q;+1/p-1. The van der Waals surface area contributed by atoms with E-state index < -0.39 is 5.97 Å². The first kappa shape index (κ1) is 14.2. The molecule has 1 aromatic heterocycles. The van der Waals surface area contributed by atoms with Gasteiger partial charge in [-0.1, -0.05) is 0 Å². The van der Waals surface area contributed by atoms with Crippen LogP contribution < -0.4 is 34.7 Å². The summed E-state index contributed by atoms with van der Waals surface area (Å²) in [6, 6.07) is 1.29. The minimum Gasteiger partial charge on any atom is -0.543 e. The Balaban J connectivity index is 0.00000196. The molecule has 0 aromatic carbocycles. The van der Waals surface area contributed by atoms with Crippen LogP contribution in [-0.2, 0) is 11.3 Å². The predicted molar refractivity (Wildman–Crippen MR) is 45.3 cm³/mol. The largest absolute Gasteiger partial charge is 1.00 e. The molecule has 1 rings (SSSR count). The Morgan fingerprint density at radius 1 is 1.53 bits per heavy atom. The smallest absolute Gasteiger partial charge is 0.543 e. The van der Waals surface area contributed by atoms with E-state index in [0.717, 1.165) is 0 Å². The van der Waals surface area contributed by atoms with E-state index in [1.807, 2.05) is 0 Å². The fourth-order valence-electron chi connectivity index (χ4n) is 0.839. The van der Waals surface area contributed by atoms with Gasteiger partial charge in [-0.25, -0.2) is 0 Å². The van der Waals surface area contributed by atoms with Gasteiger partial charge in [0.1, 0.15) is 12.2 Å². The molecule has 0 aliphatic rings. The van der Waals surface area contributed by atoms with Gasteiger partial charge >= 0.3 is 29.6 Å². The fourth-order valence-corrected chi connectivity index (χ4v) is 0.839. The second-order valence-corrected chi connectivity index (χ2v) is 2.97. The van der Waals surface area contributed by atoms with E-state index in [2.05, 4.69) is 5.10 Å². The summed E-state index contributed by atoms with van der Waals surface area (Å²) in [5, 5.41) is 14.0. The quantitative estimate of drug-likeness (QED) is 0.479. The monoisotopic (exact) mass is 219 g/mol. The minimum absolute atomic E-state index is 0. The van der Waals surface area contributed by atoms with Gasteiger partial charge in [0.2, 0.25) is 5.91 Å². The maximum absolute atomic E-state index is 11.2. The molecule has 0 atom stereocenters. The first-order valence-corrected chi connectivity index (χ1v) is 3.95. The van der Waals surface area contributed by atoms with E-state index in [1.165, 1.54) is 21.8 Å². The van der Waals surface area contributed by atoms with Crippen LogP contribution in [0.2, 0.25) is 0 Å². The summed E-state index contributed by atoms with van der Waals surface area (Å²) in [6.45, 7) is 0.0281. The van der Waals surface area contributed by atoms with Gasteiger partial charge in [0.25, 0.3) is 0 Å². The zero-order valence-corrected chi connectivity index (χ0v) is 10.9. The van der Waals surface area contributed by atoms with Gasteiger partial charge in [0, 0.05) is 20.3 Å². The van der Waals surface area contributed by atoms with Crippen LogP contribution in [0.5, 0.6) is 0 Å². The Morgan fingerprint density at radius 3 is 2.53 bits per heavy atom. The Bertz CT molecular complexity index is 362. The van der Waals surface area contributed by atoms with E-state index in [0.29, 0.717) is 0 Å². The van der Waals surface area contributed by atoms with Gasteiger partial charge in [-0.15, -0.1) is 0 Å². The van der Waals surface area contributed by atoms with E-state index in [-0.39, 0.29) is 47.7 Å². The van der Waals surface area contributed by atoms with Crippen molar-refractivity contribution in [3.05, 3.63) is 18.0 Å². The number of aromatic carboxylic acids is 1. The summed E-state index contributed by atoms with van der Waals surface area (Å²) in [5.74, 6) is -1.50. The molecule has 0 spiro atoms. The van der Waals surface area contributed by atoms with Crippen molar-refractivity contribution in [2.24, 2.45) is 0 Å². The molecule has 7 heteroatoms. The van der Waals surface area contributed by atoms with Crippen LogP contribution >= 0.6 is 0 Å². The number of hydrogen-bond donors (Lipinski definition) is 0. The van der Waals surface area contributed by atoms with E-state index >= 15 is 0 Å². The maximum Gasteiger partial charge on any atom is 1.00 e. The maximum atomic E-state index is 11.2. The van der Waals surface area contributed by atoms with Crippen LogP contribution in [0.4, 0.5) is 0 Å². The first-order chi connectivity index (χ1) is 6.50. The molecule has 0 aliphatic heterocycles. The molecule has 0 N–H and O–H groups in total. The van der Waals surface area contributed by atoms with Crippen LogP contribution in [-0.4, -0.2) is 40.7 Å². The fraction of sp³-hybridized carbons (Fsp3) is 0.375. The molecule has 1 amide bonds. The molecule has 1 aromatic rings. The molecular weight excluding hydrogens is 209 g/mol. The third-order valence-corrected chi connectivity index (χ3v) is 1.65. The van der Waals surface area contributed by atoms with Crippen LogP contribution in [0, 0.1) is 0 Å². The molecule has 1 heterocycles. The molecule has 0 aliphatic carbocycles. The molecule has 0 unspecified atom stereocenters. The zero-order chi connectivity index (χ0) is 10.7. The normalized spacial score (nSPS) is 9.20. The number of carboxylic acids is 1. The molecule has 6 nitrogen and oxygen atoms in total. The Kier molecular flexibility index (Phi) is 5.56. The number of carboxylic acid groups (broad SMARTS) is 1. The number of hydrogen-bond acceptors (Lipinski definition) is 4. The van der Waals surface area contributed by atoms with Crippen molar-refractivity contribution in [1.29, 1.82) is 0 Å². The number of carbonyl (C=O) groups is 2. The Morgan fingerprint density at radius 2 is 2.13 bits per heavy atom. The van der Waals surface area contributed by atoms with Crippen LogP contribution in [0.25, 0.3) is 0 Å². The van der Waals surface area contributed by atoms with Crippen molar-refractivity contribution in [1.82, 2.24) is 14.7 Å². The molecule has 0 fully saturated rings. The van der Waals surface area contributed by atoms with Gasteiger partial charge in [-0.05, 0) is 6.07 Å². The average Bonchev–Trinajstić information content (AvgIpc) is 2.52. The Hall–Kier alpha value is -0.850. The molecular formula is C8H10N3NaO3. The van der Waals surface area contributed by atoms with Crippen molar-refractivity contribution < 1.29 is 44.3 Å². The average molecular weight is 219 g/mol. The van der Waals surface area contributed by atoms with Crippen molar-refractivity contribution >= 4 is 11.9 Å². The number of rotatable bonds is 3. The number of likely N-dealkylation sites (N-methyl/N-ethyl adjacent to an activating group) is 1. The van der Waals surface area contributed by atoms with Gasteiger partial charge in [-0.3, -0.25) is 9.48 Å². The van der Waals surface area contributed by atoms with Gasteiger partial charge in [0.15, 0.2) is 0 Å². The second kappa shape index (κ2) is 5.89. The minimum atomic E-state index is -1.35. The SMILES string of the molecule is CN(C)C(=O)Cn1ccc(C(=O)[O-])n1.[Na+]. The van der Waals surface area contributed by atoms with Crippen molar-refractivity contribution in [3.63, 3.8) is 0 Å². The van der Waals surface area contributed by atoms with E-state index in [4.69, 9.17) is 0 Å². The topological polar surface area (TPSA) is 78.3 Å². The first-order valence-electron chi connectivity index (χ1n) is 3.95. The third kappa shape index (κ3) is 4.03. The number of aromatic nitrogens is 2. The molecule has 0 bridgehead atoms. The van der Waals surface area contributed by atoms with Crippen molar-refractivity contribution in [3.8, 4) is 0 Å². The molecule has 15 heavy (non-hydrogen) atoms. The summed E-state index contributed by atoms with van der Waals surface area (Å²) in [5.41, 5.74) is -0.170. The zero-order valence-electron chi connectivity index (χ0n) is 8.93. The number of carbonyl (C=O) groups excluding carboxylic acids is 2. The summed E-state index contributed by atoms with van der Waals surface area (Å²) >= 11 is 0. The van der Waals surface area contributed by atoms with Crippen LogP contribution in [0.15, 0.2) is 12.3 Å².